The van der Waals surface area contributed by atoms with Gasteiger partial charge in [0.15, 0.2) is 0 Å². The molecule has 1 aromatic heterocycles. The fourth-order valence-corrected chi connectivity index (χ4v) is 3.15. The lowest BCUT2D eigenvalue weighted by molar-refractivity contribution is -0.120. The van der Waals surface area contributed by atoms with E-state index < -0.39 is 0 Å². The number of benzene rings is 1. The van der Waals surface area contributed by atoms with Crippen molar-refractivity contribution >= 4 is 17.2 Å². The number of ether oxygens (including phenoxy) is 1. The quantitative estimate of drug-likeness (QED) is 0.887. The molecular weight excluding hydrogens is 296 g/mol. The van der Waals surface area contributed by atoms with Crippen molar-refractivity contribution in [1.29, 1.82) is 0 Å². The van der Waals surface area contributed by atoms with Gasteiger partial charge in [-0.1, -0.05) is 26.0 Å². The van der Waals surface area contributed by atoms with Crippen LogP contribution in [0, 0.1) is 12.8 Å². The van der Waals surface area contributed by atoms with Gasteiger partial charge in [0.2, 0.25) is 5.91 Å². The summed E-state index contributed by atoms with van der Waals surface area (Å²) in [5, 5.41) is 3.84. The maximum atomic E-state index is 12.0. The summed E-state index contributed by atoms with van der Waals surface area (Å²) < 4.78 is 5.38. The average Bonchev–Trinajstić information content (AvgIpc) is 2.86. The number of rotatable bonds is 6. The summed E-state index contributed by atoms with van der Waals surface area (Å²) in [4.78, 5) is 17.6. The van der Waals surface area contributed by atoms with Crippen molar-refractivity contribution in [1.82, 2.24) is 10.3 Å². The highest BCUT2D eigenvalue weighted by Crippen LogP contribution is 2.34. The highest BCUT2D eigenvalue weighted by molar-refractivity contribution is 7.15. The maximum absolute atomic E-state index is 12.0. The van der Waals surface area contributed by atoms with Crippen LogP contribution in [0.5, 0.6) is 5.75 Å². The number of carbonyl (C=O) groups is 1. The molecule has 0 aliphatic rings. The number of aryl methyl sites for hydroxylation is 1. The van der Waals surface area contributed by atoms with Crippen LogP contribution in [0.2, 0.25) is 0 Å². The summed E-state index contributed by atoms with van der Waals surface area (Å²) in [5.41, 5.74) is 1.87. The molecular formula is C17H22N2O2S. The molecule has 22 heavy (non-hydrogen) atoms. The van der Waals surface area contributed by atoms with Crippen LogP contribution in [-0.4, -0.2) is 24.5 Å². The van der Waals surface area contributed by atoms with Gasteiger partial charge in [-0.15, -0.1) is 11.3 Å². The molecule has 1 N–H and O–H groups in total. The fraction of sp³-hybridized carbons (Fsp3) is 0.412. The molecule has 4 nitrogen and oxygen atoms in total. The molecule has 2 aromatic rings. The third kappa shape index (κ3) is 4.07. The Hall–Kier alpha value is -1.88. The molecule has 0 aliphatic carbocycles. The van der Waals surface area contributed by atoms with Gasteiger partial charge in [0.25, 0.3) is 0 Å². The van der Waals surface area contributed by atoms with E-state index in [0.29, 0.717) is 18.9 Å². The minimum absolute atomic E-state index is 0.0482. The second kappa shape index (κ2) is 7.40. The standard InChI is InChI=1S/C17H22N2O2S/c1-11(2)10-18-16(20)9-15-12(3)19-17(22-15)13-7-5-6-8-14(13)21-4/h5-8,11H,9-10H2,1-4H3,(H,18,20). The van der Waals surface area contributed by atoms with Crippen LogP contribution < -0.4 is 10.1 Å². The van der Waals surface area contributed by atoms with Crippen LogP contribution >= 0.6 is 11.3 Å². The Morgan fingerprint density at radius 1 is 1.36 bits per heavy atom. The first-order chi connectivity index (χ1) is 10.5. The van der Waals surface area contributed by atoms with Gasteiger partial charge in [0, 0.05) is 11.4 Å². The molecule has 0 spiro atoms. The number of amides is 1. The van der Waals surface area contributed by atoms with E-state index >= 15 is 0 Å². The predicted molar refractivity (Wildman–Crippen MR) is 90.4 cm³/mol. The number of nitrogens with one attached hydrogen (secondary N) is 1. The Kier molecular flexibility index (Phi) is 5.55. The van der Waals surface area contributed by atoms with E-state index in [4.69, 9.17) is 4.74 Å². The van der Waals surface area contributed by atoms with Crippen molar-refractivity contribution in [3.05, 3.63) is 34.8 Å². The van der Waals surface area contributed by atoms with Gasteiger partial charge in [0.1, 0.15) is 10.8 Å². The minimum atomic E-state index is 0.0482. The van der Waals surface area contributed by atoms with Crippen molar-refractivity contribution in [2.75, 3.05) is 13.7 Å². The average molecular weight is 318 g/mol. The molecule has 1 aromatic carbocycles. The molecule has 0 atom stereocenters. The van der Waals surface area contributed by atoms with Crippen LogP contribution in [0.3, 0.4) is 0 Å². The van der Waals surface area contributed by atoms with Crippen molar-refractivity contribution in [2.45, 2.75) is 27.2 Å². The molecule has 0 aliphatic heterocycles. The monoisotopic (exact) mass is 318 g/mol. The van der Waals surface area contributed by atoms with Crippen LogP contribution in [0.15, 0.2) is 24.3 Å². The highest BCUT2D eigenvalue weighted by Gasteiger charge is 2.15. The molecule has 2 rings (SSSR count). The second-order valence-corrected chi connectivity index (χ2v) is 6.69. The SMILES string of the molecule is COc1ccccc1-c1nc(C)c(CC(=O)NCC(C)C)s1. The second-order valence-electron chi connectivity index (χ2n) is 5.60. The zero-order valence-electron chi connectivity index (χ0n) is 13.5. The van der Waals surface area contributed by atoms with Gasteiger partial charge < -0.3 is 10.1 Å². The predicted octanol–water partition coefficient (Wildman–Crippen LogP) is 3.44. The van der Waals surface area contributed by atoms with E-state index in [2.05, 4.69) is 24.1 Å². The summed E-state index contributed by atoms with van der Waals surface area (Å²) in [6, 6.07) is 7.80. The van der Waals surface area contributed by atoms with Gasteiger partial charge in [-0.05, 0) is 25.0 Å². The van der Waals surface area contributed by atoms with Gasteiger partial charge >= 0.3 is 0 Å². The third-order valence-electron chi connectivity index (χ3n) is 3.26. The molecule has 0 unspecified atom stereocenters. The lowest BCUT2D eigenvalue weighted by atomic mass is 10.2. The highest BCUT2D eigenvalue weighted by atomic mass is 32.1. The third-order valence-corrected chi connectivity index (χ3v) is 4.45. The van der Waals surface area contributed by atoms with E-state index in [9.17, 15) is 4.79 Å². The van der Waals surface area contributed by atoms with Crippen molar-refractivity contribution in [3.8, 4) is 16.3 Å². The van der Waals surface area contributed by atoms with E-state index in [1.165, 1.54) is 0 Å². The summed E-state index contributed by atoms with van der Waals surface area (Å²) >= 11 is 1.55. The van der Waals surface area contributed by atoms with E-state index in [-0.39, 0.29) is 5.91 Å². The summed E-state index contributed by atoms with van der Waals surface area (Å²) in [6.45, 7) is 6.81. The first-order valence-electron chi connectivity index (χ1n) is 7.37. The number of thiazole rings is 1. The zero-order chi connectivity index (χ0) is 16.1. The van der Waals surface area contributed by atoms with Gasteiger partial charge in [-0.25, -0.2) is 4.98 Å². The number of methoxy groups -OCH3 is 1. The van der Waals surface area contributed by atoms with Gasteiger partial charge in [-0.3, -0.25) is 4.79 Å². The summed E-state index contributed by atoms with van der Waals surface area (Å²) in [7, 11) is 1.65. The molecule has 0 bridgehead atoms. The fourth-order valence-electron chi connectivity index (χ4n) is 2.05. The Balaban J connectivity index is 2.16. The number of nitrogens with zero attached hydrogens (tertiary/aromatic N) is 1. The zero-order valence-corrected chi connectivity index (χ0v) is 14.3. The number of carbonyl (C=O) groups excluding carboxylic acids is 1. The lowest BCUT2D eigenvalue weighted by Crippen LogP contribution is -2.28. The normalized spacial score (nSPS) is 10.8. The van der Waals surface area contributed by atoms with Crippen molar-refractivity contribution < 1.29 is 9.53 Å². The molecule has 1 amide bonds. The Bertz CT molecular complexity index is 650. The first kappa shape index (κ1) is 16.5. The van der Waals surface area contributed by atoms with Crippen molar-refractivity contribution in [3.63, 3.8) is 0 Å². The van der Waals surface area contributed by atoms with Crippen molar-refractivity contribution in [2.24, 2.45) is 5.92 Å². The molecule has 0 saturated heterocycles. The smallest absolute Gasteiger partial charge is 0.225 e. The summed E-state index contributed by atoms with van der Waals surface area (Å²) in [6.07, 6.45) is 0.380. The maximum Gasteiger partial charge on any atom is 0.225 e. The van der Waals surface area contributed by atoms with Gasteiger partial charge in [-0.2, -0.15) is 0 Å². The largest absolute Gasteiger partial charge is 0.496 e. The number of aromatic nitrogens is 1. The Morgan fingerprint density at radius 3 is 2.77 bits per heavy atom. The van der Waals surface area contributed by atoms with Crippen LogP contribution in [-0.2, 0) is 11.2 Å². The van der Waals surface area contributed by atoms with Crippen LogP contribution in [0.25, 0.3) is 10.6 Å². The number of hydrogen-bond acceptors (Lipinski definition) is 4. The van der Waals surface area contributed by atoms with E-state index in [0.717, 1.165) is 26.9 Å². The molecule has 0 saturated carbocycles. The molecule has 0 radical (unpaired) electrons. The Labute approximate surface area is 135 Å². The van der Waals surface area contributed by atoms with Crippen LogP contribution in [0.1, 0.15) is 24.4 Å². The summed E-state index contributed by atoms with van der Waals surface area (Å²) in [5.74, 6) is 1.30. The topological polar surface area (TPSA) is 51.2 Å². The first-order valence-corrected chi connectivity index (χ1v) is 8.19. The number of para-hydroxylation sites is 1. The van der Waals surface area contributed by atoms with E-state index in [1.807, 2.05) is 31.2 Å². The molecule has 5 heteroatoms. The molecule has 1 heterocycles. The van der Waals surface area contributed by atoms with Crippen LogP contribution in [0.4, 0.5) is 0 Å². The number of hydrogen-bond donors (Lipinski definition) is 1. The van der Waals surface area contributed by atoms with Gasteiger partial charge in [0.05, 0.1) is 24.8 Å². The minimum Gasteiger partial charge on any atom is -0.496 e. The lowest BCUT2D eigenvalue weighted by Gasteiger charge is -2.06. The van der Waals surface area contributed by atoms with E-state index in [1.54, 1.807) is 18.4 Å². The molecule has 0 fully saturated rings. The molecule has 118 valence electrons. The Morgan fingerprint density at radius 2 is 2.09 bits per heavy atom.